The second-order valence-electron chi connectivity index (χ2n) is 3.70. The molecule has 1 rings (SSSR count). The molecule has 0 bridgehead atoms. The molecule has 0 amide bonds. The third-order valence-electron chi connectivity index (χ3n) is 2.34. The fraction of sp³-hybridized carbons (Fsp3) is 0.500. The van der Waals surface area contributed by atoms with Gasteiger partial charge in [0.15, 0.2) is 0 Å². The van der Waals surface area contributed by atoms with E-state index < -0.39 is 6.10 Å². The first kappa shape index (κ1) is 12.9. The highest BCUT2D eigenvalue weighted by Gasteiger charge is 2.08. The number of halogens is 1. The van der Waals surface area contributed by atoms with Crippen molar-refractivity contribution in [3.63, 3.8) is 0 Å². The van der Waals surface area contributed by atoms with Crippen LogP contribution in [0.15, 0.2) is 23.1 Å². The van der Waals surface area contributed by atoms with Crippen LogP contribution in [0, 0.1) is 0 Å². The number of aliphatic hydroxyl groups is 1. The summed E-state index contributed by atoms with van der Waals surface area (Å²) in [5.41, 5.74) is 0.869. The van der Waals surface area contributed by atoms with Crippen molar-refractivity contribution in [2.75, 3.05) is 0 Å². The summed E-state index contributed by atoms with van der Waals surface area (Å²) in [4.78, 5) is 1.09. The number of benzene rings is 1. The van der Waals surface area contributed by atoms with Crippen molar-refractivity contribution in [1.29, 1.82) is 0 Å². The molecule has 0 saturated carbocycles. The van der Waals surface area contributed by atoms with Gasteiger partial charge < -0.3 is 5.11 Å². The maximum absolute atomic E-state index is 9.40. The summed E-state index contributed by atoms with van der Waals surface area (Å²) in [6, 6.07) is 5.76. The van der Waals surface area contributed by atoms with Gasteiger partial charge in [0.25, 0.3) is 0 Å². The van der Waals surface area contributed by atoms with Gasteiger partial charge in [-0.1, -0.05) is 31.5 Å². The molecule has 84 valence electrons. The molecule has 0 saturated heterocycles. The van der Waals surface area contributed by atoms with Crippen molar-refractivity contribution in [3.8, 4) is 0 Å². The fourth-order valence-electron chi connectivity index (χ4n) is 1.17. The van der Waals surface area contributed by atoms with Crippen molar-refractivity contribution >= 4 is 23.4 Å². The maximum atomic E-state index is 9.40. The molecule has 0 aromatic heterocycles. The van der Waals surface area contributed by atoms with E-state index in [2.05, 4.69) is 13.8 Å². The summed E-state index contributed by atoms with van der Waals surface area (Å²) in [7, 11) is 0. The van der Waals surface area contributed by atoms with Crippen LogP contribution < -0.4 is 0 Å². The minimum Gasteiger partial charge on any atom is -0.389 e. The van der Waals surface area contributed by atoms with Gasteiger partial charge in [0.05, 0.1) is 11.1 Å². The van der Waals surface area contributed by atoms with Crippen LogP contribution in [0.3, 0.4) is 0 Å². The van der Waals surface area contributed by atoms with Gasteiger partial charge in [-0.15, -0.1) is 11.8 Å². The van der Waals surface area contributed by atoms with Crippen LogP contribution in [0.2, 0.25) is 5.02 Å². The van der Waals surface area contributed by atoms with Gasteiger partial charge in [-0.25, -0.2) is 0 Å². The van der Waals surface area contributed by atoms with Crippen molar-refractivity contribution in [2.45, 2.75) is 43.4 Å². The van der Waals surface area contributed by atoms with E-state index in [1.54, 1.807) is 18.7 Å². The average molecular weight is 245 g/mol. The molecule has 2 atom stereocenters. The van der Waals surface area contributed by atoms with Gasteiger partial charge >= 0.3 is 0 Å². The van der Waals surface area contributed by atoms with E-state index in [-0.39, 0.29) is 0 Å². The Kier molecular flexibility index (Phi) is 4.97. The lowest BCUT2D eigenvalue weighted by atomic mass is 10.1. The molecule has 1 aromatic rings. The topological polar surface area (TPSA) is 20.2 Å². The van der Waals surface area contributed by atoms with E-state index in [1.807, 2.05) is 18.2 Å². The van der Waals surface area contributed by atoms with Crippen LogP contribution in [0.5, 0.6) is 0 Å². The third-order valence-corrected chi connectivity index (χ3v) is 4.11. The van der Waals surface area contributed by atoms with Gasteiger partial charge in [0, 0.05) is 10.1 Å². The van der Waals surface area contributed by atoms with E-state index in [0.29, 0.717) is 5.25 Å². The molecule has 0 aliphatic heterocycles. The molecule has 0 aliphatic carbocycles. The Morgan fingerprint density at radius 2 is 2.07 bits per heavy atom. The number of hydrogen-bond donors (Lipinski definition) is 1. The van der Waals surface area contributed by atoms with E-state index in [1.165, 1.54) is 0 Å². The lowest BCUT2D eigenvalue weighted by Crippen LogP contribution is -1.94. The molecule has 1 N–H and O–H groups in total. The minimum atomic E-state index is -0.454. The number of thioether (sulfide) groups is 1. The number of rotatable bonds is 4. The van der Waals surface area contributed by atoms with Crippen molar-refractivity contribution < 1.29 is 5.11 Å². The molecule has 0 spiro atoms. The molecular formula is C12H17ClOS. The molecule has 3 heteroatoms. The summed E-state index contributed by atoms with van der Waals surface area (Å²) in [5.74, 6) is 0. The van der Waals surface area contributed by atoms with Crippen LogP contribution >= 0.6 is 23.4 Å². The van der Waals surface area contributed by atoms with Crippen LogP contribution in [0.25, 0.3) is 0 Å². The van der Waals surface area contributed by atoms with E-state index in [0.717, 1.165) is 21.9 Å². The van der Waals surface area contributed by atoms with Crippen LogP contribution in [-0.2, 0) is 0 Å². The number of hydrogen-bond acceptors (Lipinski definition) is 2. The smallest absolute Gasteiger partial charge is 0.0762 e. The highest BCUT2D eigenvalue weighted by atomic mass is 35.5. The van der Waals surface area contributed by atoms with Gasteiger partial charge in [-0.2, -0.15) is 0 Å². The Bertz CT molecular complexity index is 325. The standard InChI is InChI=1S/C12H17ClOS/c1-4-8(2)15-12-6-5-10(9(3)14)7-11(12)13/h5-9,14H,4H2,1-3H3/t8?,9-/m0/s1. The third kappa shape index (κ3) is 3.71. The first-order valence-corrected chi connectivity index (χ1v) is 6.44. The lowest BCUT2D eigenvalue weighted by molar-refractivity contribution is 0.199. The molecule has 1 aromatic carbocycles. The Morgan fingerprint density at radius 3 is 2.53 bits per heavy atom. The zero-order valence-electron chi connectivity index (χ0n) is 9.33. The van der Waals surface area contributed by atoms with Crippen LogP contribution in [0.1, 0.15) is 38.9 Å². The van der Waals surface area contributed by atoms with Crippen molar-refractivity contribution in [1.82, 2.24) is 0 Å². The summed E-state index contributed by atoms with van der Waals surface area (Å²) in [5, 5.41) is 10.7. The first-order valence-electron chi connectivity index (χ1n) is 5.18. The summed E-state index contributed by atoms with van der Waals surface area (Å²) in [6.45, 7) is 6.09. The van der Waals surface area contributed by atoms with Crippen LogP contribution in [-0.4, -0.2) is 10.4 Å². The molecule has 1 nitrogen and oxygen atoms in total. The Hall–Kier alpha value is -0.180. The molecular weight excluding hydrogens is 228 g/mol. The summed E-state index contributed by atoms with van der Waals surface area (Å²) in [6.07, 6.45) is 0.671. The molecule has 0 heterocycles. The second kappa shape index (κ2) is 5.78. The van der Waals surface area contributed by atoms with Crippen molar-refractivity contribution in [3.05, 3.63) is 28.8 Å². The monoisotopic (exact) mass is 244 g/mol. The van der Waals surface area contributed by atoms with Gasteiger partial charge in [0.1, 0.15) is 0 Å². The molecule has 0 aliphatic rings. The molecule has 0 fully saturated rings. The molecule has 0 radical (unpaired) electrons. The van der Waals surface area contributed by atoms with Crippen molar-refractivity contribution in [2.24, 2.45) is 0 Å². The summed E-state index contributed by atoms with van der Waals surface area (Å²) >= 11 is 7.92. The molecule has 1 unspecified atom stereocenters. The highest BCUT2D eigenvalue weighted by Crippen LogP contribution is 2.33. The number of aliphatic hydroxyl groups excluding tert-OH is 1. The summed E-state index contributed by atoms with van der Waals surface area (Å²) < 4.78 is 0. The highest BCUT2D eigenvalue weighted by molar-refractivity contribution is 8.00. The van der Waals surface area contributed by atoms with Gasteiger partial charge in [0.2, 0.25) is 0 Å². The Balaban J connectivity index is 2.83. The first-order chi connectivity index (χ1) is 7.04. The van der Waals surface area contributed by atoms with E-state index >= 15 is 0 Å². The molecule has 15 heavy (non-hydrogen) atoms. The normalized spacial score (nSPS) is 15.0. The largest absolute Gasteiger partial charge is 0.389 e. The van der Waals surface area contributed by atoms with E-state index in [4.69, 9.17) is 11.6 Å². The van der Waals surface area contributed by atoms with Crippen LogP contribution in [0.4, 0.5) is 0 Å². The Labute approximate surface area is 101 Å². The lowest BCUT2D eigenvalue weighted by Gasteiger charge is -2.11. The SMILES string of the molecule is CCC(C)Sc1ccc([C@H](C)O)cc1Cl. The average Bonchev–Trinajstić information content (AvgIpc) is 2.20. The predicted octanol–water partition coefficient (Wildman–Crippen LogP) is 4.28. The zero-order chi connectivity index (χ0) is 11.4. The zero-order valence-corrected chi connectivity index (χ0v) is 10.9. The Morgan fingerprint density at radius 1 is 1.40 bits per heavy atom. The maximum Gasteiger partial charge on any atom is 0.0762 e. The van der Waals surface area contributed by atoms with E-state index in [9.17, 15) is 5.11 Å². The van der Waals surface area contributed by atoms with Gasteiger partial charge in [-0.3, -0.25) is 0 Å². The van der Waals surface area contributed by atoms with Gasteiger partial charge in [-0.05, 0) is 31.0 Å². The predicted molar refractivity (Wildman–Crippen MR) is 67.7 cm³/mol. The quantitative estimate of drug-likeness (QED) is 0.798. The fourth-order valence-corrected chi connectivity index (χ4v) is 2.41. The second-order valence-corrected chi connectivity index (χ2v) is 5.59. The minimum absolute atomic E-state index is 0.454.